The van der Waals surface area contributed by atoms with Gasteiger partial charge in [-0.1, -0.05) is 47.7 Å². The molecule has 0 bridgehead atoms. The molecule has 0 unspecified atom stereocenters. The number of nitrogens with zero attached hydrogens (tertiary/aromatic N) is 2. The van der Waals surface area contributed by atoms with E-state index in [0.717, 1.165) is 22.3 Å². The van der Waals surface area contributed by atoms with Gasteiger partial charge in [-0.25, -0.2) is 4.99 Å². The van der Waals surface area contributed by atoms with E-state index in [9.17, 15) is 9.59 Å². The minimum absolute atomic E-state index is 0.220. The third-order valence-electron chi connectivity index (χ3n) is 8.40. The molecule has 0 saturated carbocycles. The number of rotatable bonds is 11. The number of nitrogens with one attached hydrogen (secondary N) is 1. The maximum atomic E-state index is 14.3. The van der Waals surface area contributed by atoms with Gasteiger partial charge in [0.05, 0.1) is 50.3 Å². The Morgan fingerprint density at radius 2 is 1.58 bits per heavy atom. The van der Waals surface area contributed by atoms with Gasteiger partial charge in [0.15, 0.2) is 16.3 Å². The highest BCUT2D eigenvalue weighted by molar-refractivity contribution is 7.07. The van der Waals surface area contributed by atoms with Gasteiger partial charge < -0.3 is 29.0 Å². The van der Waals surface area contributed by atoms with Crippen LogP contribution in [0.25, 0.3) is 6.08 Å². The molecule has 1 aliphatic rings. The number of carbonyl (C=O) groups excluding carboxylic acids is 1. The van der Waals surface area contributed by atoms with Gasteiger partial charge in [-0.3, -0.25) is 14.2 Å². The van der Waals surface area contributed by atoms with Crippen LogP contribution in [-0.4, -0.2) is 38.9 Å². The van der Waals surface area contributed by atoms with Crippen molar-refractivity contribution >= 4 is 29.0 Å². The third-order valence-corrected chi connectivity index (χ3v) is 9.38. The number of fused-ring (bicyclic) bond motifs is 1. The normalized spacial score (nSPS) is 14.0. The van der Waals surface area contributed by atoms with E-state index in [0.29, 0.717) is 55.0 Å². The van der Waals surface area contributed by atoms with Crippen LogP contribution in [-0.2, 0) is 11.4 Å². The number of anilines is 1. The highest BCUT2D eigenvalue weighted by Crippen LogP contribution is 2.34. The molecule has 0 spiro atoms. The highest BCUT2D eigenvalue weighted by Gasteiger charge is 2.33. The van der Waals surface area contributed by atoms with Gasteiger partial charge in [0, 0.05) is 11.3 Å². The Morgan fingerprint density at radius 3 is 2.30 bits per heavy atom. The Hall–Kier alpha value is -5.81. The summed E-state index contributed by atoms with van der Waals surface area (Å²) in [6, 6.07) is 25.1. The first-order chi connectivity index (χ1) is 24.2. The van der Waals surface area contributed by atoms with E-state index in [1.807, 2.05) is 85.8 Å². The third kappa shape index (κ3) is 6.85. The molecule has 0 fully saturated rings. The first-order valence-corrected chi connectivity index (χ1v) is 16.6. The lowest BCUT2D eigenvalue weighted by molar-refractivity contribution is -0.113. The van der Waals surface area contributed by atoms with Crippen LogP contribution in [0.3, 0.4) is 0 Å². The molecule has 1 aromatic heterocycles. The van der Waals surface area contributed by atoms with Gasteiger partial charge in [-0.05, 0) is 85.1 Å². The van der Waals surface area contributed by atoms with Crippen LogP contribution in [0, 0.1) is 6.92 Å². The van der Waals surface area contributed by atoms with E-state index in [1.54, 1.807) is 52.1 Å². The minimum atomic E-state index is -0.745. The second kappa shape index (κ2) is 14.8. The molecule has 5 aromatic rings. The lowest BCUT2D eigenvalue weighted by Crippen LogP contribution is -2.40. The highest BCUT2D eigenvalue weighted by atomic mass is 32.1. The van der Waals surface area contributed by atoms with Crippen LogP contribution in [0.5, 0.6) is 28.7 Å². The van der Waals surface area contributed by atoms with Crippen LogP contribution in [0.4, 0.5) is 5.69 Å². The van der Waals surface area contributed by atoms with Crippen molar-refractivity contribution in [2.45, 2.75) is 26.5 Å². The summed E-state index contributed by atoms with van der Waals surface area (Å²) in [6.45, 7) is 3.95. The van der Waals surface area contributed by atoms with Gasteiger partial charge in [-0.15, -0.1) is 0 Å². The molecule has 2 heterocycles. The molecule has 6 rings (SSSR count). The standard InChI is InChI=1S/C39H37N3O7S/c1-23-12-14-26(21-32(23)47-5)36-35(37(43)41-28-10-8-7-9-11-28)24(2)40-39-42(36)38(44)34(50-39)19-25-13-16-31(33(18-25)48-6)49-22-27-20-29(45-3)15-17-30(27)46-4/h7-21,36H,22H2,1-6H3,(H,41,43)/b34-19-/t36-/m0/s1. The van der Waals surface area contributed by atoms with Crippen molar-refractivity contribution in [2.24, 2.45) is 4.99 Å². The molecule has 0 radical (unpaired) electrons. The quantitative estimate of drug-likeness (QED) is 0.187. The maximum absolute atomic E-state index is 14.3. The van der Waals surface area contributed by atoms with E-state index in [-0.39, 0.29) is 18.1 Å². The average Bonchev–Trinajstić information content (AvgIpc) is 3.44. The van der Waals surface area contributed by atoms with Crippen molar-refractivity contribution in [1.82, 2.24) is 4.57 Å². The summed E-state index contributed by atoms with van der Waals surface area (Å²) in [5.41, 5.74) is 4.45. The summed E-state index contributed by atoms with van der Waals surface area (Å²) in [6.07, 6.45) is 1.79. The number of hydrogen-bond acceptors (Lipinski definition) is 9. The van der Waals surface area contributed by atoms with Gasteiger partial charge >= 0.3 is 0 Å². The lowest BCUT2D eigenvalue weighted by Gasteiger charge is -2.26. The van der Waals surface area contributed by atoms with E-state index < -0.39 is 6.04 Å². The van der Waals surface area contributed by atoms with E-state index in [2.05, 4.69) is 5.32 Å². The van der Waals surface area contributed by atoms with Gasteiger partial charge in [0.25, 0.3) is 11.5 Å². The fraction of sp³-hybridized carbons (Fsp3) is 0.205. The molecule has 1 aliphatic heterocycles. The summed E-state index contributed by atoms with van der Waals surface area (Å²) in [7, 11) is 6.37. The number of benzene rings is 4. The fourth-order valence-corrected chi connectivity index (χ4v) is 6.90. The lowest BCUT2D eigenvalue weighted by atomic mass is 9.94. The number of aromatic nitrogens is 1. The van der Waals surface area contributed by atoms with Gasteiger partial charge in [0.2, 0.25) is 0 Å². The number of methoxy groups -OCH3 is 4. The molecule has 11 heteroatoms. The molecule has 1 amide bonds. The van der Waals surface area contributed by atoms with E-state index in [4.69, 9.17) is 28.7 Å². The number of aryl methyl sites for hydroxylation is 1. The number of allylic oxidation sites excluding steroid dienone is 1. The van der Waals surface area contributed by atoms with Crippen molar-refractivity contribution in [3.8, 4) is 28.7 Å². The number of hydrogen-bond donors (Lipinski definition) is 1. The van der Waals surface area contributed by atoms with Crippen molar-refractivity contribution in [1.29, 1.82) is 0 Å². The predicted molar refractivity (Wildman–Crippen MR) is 193 cm³/mol. The maximum Gasteiger partial charge on any atom is 0.271 e. The van der Waals surface area contributed by atoms with Gasteiger partial charge in [-0.2, -0.15) is 0 Å². The van der Waals surface area contributed by atoms with Gasteiger partial charge in [0.1, 0.15) is 23.9 Å². The summed E-state index contributed by atoms with van der Waals surface area (Å²) in [5, 5.41) is 2.98. The molecule has 4 aromatic carbocycles. The molecule has 1 atom stereocenters. The molecule has 10 nitrogen and oxygen atoms in total. The average molecular weight is 692 g/mol. The number of thiazole rings is 1. The predicted octanol–water partition coefficient (Wildman–Crippen LogP) is 5.80. The Bertz CT molecular complexity index is 2280. The zero-order valence-corrected chi connectivity index (χ0v) is 29.4. The summed E-state index contributed by atoms with van der Waals surface area (Å²) < 4.78 is 30.3. The Kier molecular flexibility index (Phi) is 10.1. The summed E-state index contributed by atoms with van der Waals surface area (Å²) >= 11 is 1.26. The van der Waals surface area contributed by atoms with Crippen molar-refractivity contribution in [3.05, 3.63) is 138 Å². The minimum Gasteiger partial charge on any atom is -0.497 e. The van der Waals surface area contributed by atoms with Crippen molar-refractivity contribution in [2.75, 3.05) is 33.8 Å². The number of carbonyl (C=O) groups is 1. The van der Waals surface area contributed by atoms with E-state index in [1.165, 1.54) is 11.3 Å². The summed E-state index contributed by atoms with van der Waals surface area (Å²) in [4.78, 5) is 33.4. The second-order valence-corrected chi connectivity index (χ2v) is 12.5. The van der Waals surface area contributed by atoms with Crippen molar-refractivity contribution < 1.29 is 28.5 Å². The molecule has 0 aliphatic carbocycles. The zero-order chi connectivity index (χ0) is 35.4. The number of para-hydroxylation sites is 1. The van der Waals surface area contributed by atoms with Crippen LogP contribution >= 0.6 is 11.3 Å². The summed E-state index contributed by atoms with van der Waals surface area (Å²) in [5.74, 6) is 2.69. The largest absolute Gasteiger partial charge is 0.497 e. The van der Waals surface area contributed by atoms with Crippen LogP contribution in [0.2, 0.25) is 0 Å². The molecule has 1 N–H and O–H groups in total. The first-order valence-electron chi connectivity index (χ1n) is 15.8. The Labute approximate surface area is 293 Å². The molecule has 50 heavy (non-hydrogen) atoms. The Morgan fingerprint density at radius 1 is 0.840 bits per heavy atom. The van der Waals surface area contributed by atoms with E-state index >= 15 is 0 Å². The SMILES string of the molecule is COc1ccc(OC)c(COc2ccc(/C=c3\sc4n(c3=O)[C@@H](c3ccc(C)c(OC)c3)C(C(=O)Nc3ccccc3)=C(C)N=4)cc2OC)c1. The first kappa shape index (κ1) is 34.1. The topological polar surface area (TPSA) is 110 Å². The number of ether oxygens (including phenoxy) is 5. The Balaban J connectivity index is 1.38. The fourth-order valence-electron chi connectivity index (χ4n) is 5.85. The second-order valence-electron chi connectivity index (χ2n) is 11.5. The van der Waals surface area contributed by atoms with Crippen LogP contribution in [0.15, 0.2) is 106 Å². The smallest absolute Gasteiger partial charge is 0.271 e. The molecule has 0 saturated heterocycles. The van der Waals surface area contributed by atoms with Crippen LogP contribution in [0.1, 0.15) is 35.2 Å². The number of amides is 1. The molecule has 256 valence electrons. The molecular weight excluding hydrogens is 655 g/mol. The van der Waals surface area contributed by atoms with Crippen LogP contribution < -0.4 is 43.9 Å². The molecular formula is C39H37N3O7S. The monoisotopic (exact) mass is 691 g/mol. The van der Waals surface area contributed by atoms with Crippen molar-refractivity contribution in [3.63, 3.8) is 0 Å². The zero-order valence-electron chi connectivity index (χ0n) is 28.6.